The smallest absolute Gasteiger partial charge is 0.310 e. The van der Waals surface area contributed by atoms with E-state index in [1.807, 2.05) is 35.2 Å². The van der Waals surface area contributed by atoms with Gasteiger partial charge in [-0.3, -0.25) is 14.4 Å². The SMILES string of the molecule is C=CCCCOC(=O)[C@@H]1[C@H]2C(=O)N([C@H](CO)c3ccccc3)C(C(=O)N(CC=C)C3CCCCC3)C23S[C@@H]1CC3C. The van der Waals surface area contributed by atoms with Gasteiger partial charge in [0.05, 0.1) is 35.8 Å². The van der Waals surface area contributed by atoms with Crippen molar-refractivity contribution in [1.29, 1.82) is 0 Å². The third-order valence-electron chi connectivity index (χ3n) is 9.80. The number of carbonyl (C=O) groups is 3. The highest BCUT2D eigenvalue weighted by Crippen LogP contribution is 2.69. The Balaban J connectivity index is 1.57. The third-order valence-corrected chi connectivity index (χ3v) is 11.9. The number of hydrogen-bond acceptors (Lipinski definition) is 6. The van der Waals surface area contributed by atoms with Gasteiger partial charge < -0.3 is 19.6 Å². The lowest BCUT2D eigenvalue weighted by molar-refractivity contribution is -0.155. The molecule has 222 valence electrons. The number of ether oxygens (including phenoxy) is 1. The molecule has 4 fully saturated rings. The summed E-state index contributed by atoms with van der Waals surface area (Å²) in [6, 6.07) is 8.06. The van der Waals surface area contributed by atoms with Crippen LogP contribution in [-0.2, 0) is 19.1 Å². The number of unbranched alkanes of at least 4 members (excludes halogenated alkanes) is 1. The zero-order valence-corrected chi connectivity index (χ0v) is 25.0. The normalized spacial score (nSPS) is 31.5. The quantitative estimate of drug-likeness (QED) is 0.215. The number of aliphatic hydroxyl groups excluding tert-OH is 1. The van der Waals surface area contributed by atoms with Crippen LogP contribution in [0.25, 0.3) is 0 Å². The van der Waals surface area contributed by atoms with E-state index in [9.17, 15) is 19.5 Å². The van der Waals surface area contributed by atoms with Crippen molar-refractivity contribution in [2.75, 3.05) is 19.8 Å². The lowest BCUT2D eigenvalue weighted by Gasteiger charge is -2.44. The highest BCUT2D eigenvalue weighted by molar-refractivity contribution is 8.02. The van der Waals surface area contributed by atoms with E-state index in [0.717, 1.165) is 44.1 Å². The molecule has 3 heterocycles. The number of carbonyl (C=O) groups excluding carboxylic acids is 3. The molecule has 3 saturated heterocycles. The van der Waals surface area contributed by atoms with E-state index in [0.29, 0.717) is 13.0 Å². The lowest BCUT2D eigenvalue weighted by atomic mass is 9.66. The van der Waals surface area contributed by atoms with E-state index < -0.39 is 28.7 Å². The van der Waals surface area contributed by atoms with Gasteiger partial charge in [-0.25, -0.2) is 0 Å². The summed E-state index contributed by atoms with van der Waals surface area (Å²) in [5, 5.41) is 10.7. The van der Waals surface area contributed by atoms with Crippen molar-refractivity contribution in [1.82, 2.24) is 9.80 Å². The minimum atomic E-state index is -0.789. The van der Waals surface area contributed by atoms with Crippen LogP contribution >= 0.6 is 11.8 Å². The van der Waals surface area contributed by atoms with Gasteiger partial charge in [0.2, 0.25) is 11.8 Å². The van der Waals surface area contributed by atoms with Crippen LogP contribution in [0.2, 0.25) is 0 Å². The molecular formula is C33H44N2O5S. The number of likely N-dealkylation sites (tertiary alicyclic amines) is 1. The Labute approximate surface area is 248 Å². The number of amides is 2. The Morgan fingerprint density at radius 1 is 1.20 bits per heavy atom. The molecule has 0 radical (unpaired) electrons. The van der Waals surface area contributed by atoms with Gasteiger partial charge in [0.25, 0.3) is 0 Å². The first-order valence-corrected chi connectivity index (χ1v) is 16.1. The minimum Gasteiger partial charge on any atom is -0.465 e. The molecule has 1 saturated carbocycles. The minimum absolute atomic E-state index is 0.0438. The molecule has 5 rings (SSSR count). The van der Waals surface area contributed by atoms with Crippen molar-refractivity contribution in [2.24, 2.45) is 17.8 Å². The lowest BCUT2D eigenvalue weighted by Crippen LogP contribution is -2.59. The number of allylic oxidation sites excluding steroid dienone is 1. The van der Waals surface area contributed by atoms with E-state index in [1.165, 1.54) is 6.42 Å². The van der Waals surface area contributed by atoms with Crippen molar-refractivity contribution in [3.8, 4) is 0 Å². The molecule has 1 N–H and O–H groups in total. The molecule has 2 bridgehead atoms. The van der Waals surface area contributed by atoms with Crippen LogP contribution < -0.4 is 0 Å². The highest BCUT2D eigenvalue weighted by atomic mass is 32.2. The van der Waals surface area contributed by atoms with Crippen molar-refractivity contribution in [3.05, 3.63) is 61.2 Å². The number of thioether (sulfide) groups is 1. The molecule has 4 aliphatic rings. The number of hydrogen-bond donors (Lipinski definition) is 1. The molecule has 8 heteroatoms. The zero-order valence-electron chi connectivity index (χ0n) is 24.2. The van der Waals surface area contributed by atoms with Crippen molar-refractivity contribution in [3.63, 3.8) is 0 Å². The Kier molecular flexibility index (Phi) is 9.29. The van der Waals surface area contributed by atoms with E-state index in [1.54, 1.807) is 28.8 Å². The van der Waals surface area contributed by atoms with E-state index >= 15 is 0 Å². The Hall–Kier alpha value is -2.58. The monoisotopic (exact) mass is 580 g/mol. The maximum Gasteiger partial charge on any atom is 0.310 e. The predicted octanol–water partition coefficient (Wildman–Crippen LogP) is 4.91. The summed E-state index contributed by atoms with van der Waals surface area (Å²) in [5.74, 6) is -1.88. The fraction of sp³-hybridized carbons (Fsp3) is 0.606. The number of fused-ring (bicyclic) bond motifs is 1. The largest absolute Gasteiger partial charge is 0.465 e. The first-order valence-electron chi connectivity index (χ1n) is 15.2. The number of esters is 1. The van der Waals surface area contributed by atoms with Gasteiger partial charge in [-0.05, 0) is 43.6 Å². The first kappa shape index (κ1) is 29.9. The predicted molar refractivity (Wildman–Crippen MR) is 161 cm³/mol. The van der Waals surface area contributed by atoms with Crippen LogP contribution in [0.1, 0.15) is 69.9 Å². The third kappa shape index (κ3) is 5.16. The second-order valence-electron chi connectivity index (χ2n) is 12.1. The molecule has 0 aromatic heterocycles. The van der Waals surface area contributed by atoms with E-state index in [-0.39, 0.29) is 48.2 Å². The Bertz CT molecular complexity index is 1140. The summed E-state index contributed by atoms with van der Waals surface area (Å²) in [6.07, 6.45) is 10.9. The molecule has 41 heavy (non-hydrogen) atoms. The second kappa shape index (κ2) is 12.7. The Morgan fingerprint density at radius 3 is 2.59 bits per heavy atom. The van der Waals surface area contributed by atoms with Crippen LogP contribution in [-0.4, -0.2) is 74.5 Å². The van der Waals surface area contributed by atoms with Crippen LogP contribution in [0.15, 0.2) is 55.6 Å². The molecule has 1 spiro atoms. The summed E-state index contributed by atoms with van der Waals surface area (Å²) in [4.78, 5) is 46.7. The van der Waals surface area contributed by atoms with Gasteiger partial charge in [0, 0.05) is 17.8 Å². The molecule has 7 nitrogen and oxygen atoms in total. The number of benzene rings is 1. The molecule has 1 aromatic carbocycles. The summed E-state index contributed by atoms with van der Waals surface area (Å²) in [7, 11) is 0. The fourth-order valence-corrected chi connectivity index (χ4v) is 10.4. The van der Waals surface area contributed by atoms with Crippen molar-refractivity contribution < 1.29 is 24.2 Å². The summed E-state index contributed by atoms with van der Waals surface area (Å²) < 4.78 is 4.96. The van der Waals surface area contributed by atoms with Gasteiger partial charge in [-0.1, -0.05) is 68.7 Å². The topological polar surface area (TPSA) is 87.1 Å². The molecule has 1 aromatic rings. The van der Waals surface area contributed by atoms with E-state index in [4.69, 9.17) is 4.74 Å². The number of nitrogens with zero attached hydrogens (tertiary/aromatic N) is 2. The Morgan fingerprint density at radius 2 is 1.93 bits per heavy atom. The fourth-order valence-electron chi connectivity index (χ4n) is 7.98. The second-order valence-corrected chi connectivity index (χ2v) is 13.6. The first-order chi connectivity index (χ1) is 19.9. The van der Waals surface area contributed by atoms with Gasteiger partial charge in [-0.15, -0.1) is 24.9 Å². The number of rotatable bonds is 12. The highest BCUT2D eigenvalue weighted by Gasteiger charge is 2.77. The molecule has 2 amide bonds. The van der Waals surface area contributed by atoms with Gasteiger partial charge in [-0.2, -0.15) is 0 Å². The van der Waals surface area contributed by atoms with Crippen molar-refractivity contribution in [2.45, 2.75) is 86.4 Å². The van der Waals surface area contributed by atoms with Gasteiger partial charge in [0.15, 0.2) is 0 Å². The molecule has 3 aliphatic heterocycles. The molecule has 7 atom stereocenters. The summed E-state index contributed by atoms with van der Waals surface area (Å²) in [6.45, 7) is 10.2. The average molecular weight is 581 g/mol. The molecular weight excluding hydrogens is 536 g/mol. The van der Waals surface area contributed by atoms with Crippen LogP contribution in [0.3, 0.4) is 0 Å². The van der Waals surface area contributed by atoms with Crippen LogP contribution in [0.4, 0.5) is 0 Å². The molecule has 1 aliphatic carbocycles. The number of aliphatic hydroxyl groups is 1. The molecule has 3 unspecified atom stereocenters. The van der Waals surface area contributed by atoms with Crippen molar-refractivity contribution >= 4 is 29.5 Å². The van der Waals surface area contributed by atoms with E-state index in [2.05, 4.69) is 20.1 Å². The van der Waals surface area contributed by atoms with Crippen LogP contribution in [0, 0.1) is 17.8 Å². The van der Waals surface area contributed by atoms with Crippen LogP contribution in [0.5, 0.6) is 0 Å². The van der Waals surface area contributed by atoms with Gasteiger partial charge >= 0.3 is 5.97 Å². The van der Waals surface area contributed by atoms with Gasteiger partial charge in [0.1, 0.15) is 6.04 Å². The zero-order chi connectivity index (χ0) is 29.1. The summed E-state index contributed by atoms with van der Waals surface area (Å²) >= 11 is 1.65. The maximum atomic E-state index is 14.9. The maximum absolute atomic E-state index is 14.9. The standard InChI is InChI=1S/C33H44N2O5S/c1-4-6-13-19-40-32(39)27-26-20-22(3)33(41-26)28(27)30(37)35(25(21-36)23-14-9-7-10-15-23)29(33)31(38)34(18-5-2)24-16-11-8-12-17-24/h4-5,7,9-10,14-15,22,24-29,36H,1-2,6,8,11-13,16-21H2,3H3/t22?,25-,26-,27+,28+,29?,33?/m1/s1. The summed E-state index contributed by atoms with van der Waals surface area (Å²) in [5.41, 5.74) is 0.779. The average Bonchev–Trinajstić information content (AvgIpc) is 3.59.